The third-order valence-corrected chi connectivity index (χ3v) is 2.06. The maximum absolute atomic E-state index is 10.6. The number of carboxylic acid groups (broad SMARTS) is 1. The molecule has 13 heavy (non-hydrogen) atoms. The number of allylic oxidation sites excluding steroid dienone is 1. The van der Waals surface area contributed by atoms with Gasteiger partial charge in [0, 0.05) is 11.6 Å². The Balaban J connectivity index is 2.22. The summed E-state index contributed by atoms with van der Waals surface area (Å²) in [7, 11) is 0. The third-order valence-electron chi connectivity index (χ3n) is 2.06. The SMILES string of the molecule is NC1=CC2OC(C(=O)O)=CC2C=C1. The summed E-state index contributed by atoms with van der Waals surface area (Å²) in [6.07, 6.45) is 6.67. The summed E-state index contributed by atoms with van der Waals surface area (Å²) in [4.78, 5) is 10.6. The third kappa shape index (κ3) is 1.30. The molecular formula is C9H9NO3. The van der Waals surface area contributed by atoms with Gasteiger partial charge in [-0.15, -0.1) is 0 Å². The quantitative estimate of drug-likeness (QED) is 0.610. The molecule has 2 rings (SSSR count). The second-order valence-corrected chi connectivity index (χ2v) is 3.02. The maximum Gasteiger partial charge on any atom is 0.370 e. The van der Waals surface area contributed by atoms with Crippen molar-refractivity contribution in [3.63, 3.8) is 0 Å². The lowest BCUT2D eigenvalue weighted by molar-refractivity contribution is -0.136. The Kier molecular flexibility index (Phi) is 1.62. The molecule has 2 unspecified atom stereocenters. The second-order valence-electron chi connectivity index (χ2n) is 3.02. The van der Waals surface area contributed by atoms with Gasteiger partial charge in [-0.2, -0.15) is 0 Å². The molecule has 0 fully saturated rings. The Morgan fingerprint density at radius 2 is 2.31 bits per heavy atom. The number of fused-ring (bicyclic) bond motifs is 1. The Labute approximate surface area is 75.0 Å². The first-order valence-electron chi connectivity index (χ1n) is 3.94. The van der Waals surface area contributed by atoms with E-state index in [4.69, 9.17) is 15.6 Å². The highest BCUT2D eigenvalue weighted by molar-refractivity contribution is 5.85. The first kappa shape index (κ1) is 7.91. The number of ether oxygens (including phenoxy) is 1. The first-order chi connectivity index (χ1) is 6.16. The van der Waals surface area contributed by atoms with Crippen molar-refractivity contribution in [2.75, 3.05) is 0 Å². The molecule has 0 aromatic rings. The zero-order chi connectivity index (χ0) is 9.42. The van der Waals surface area contributed by atoms with Crippen LogP contribution in [0.3, 0.4) is 0 Å². The van der Waals surface area contributed by atoms with Crippen LogP contribution in [0.5, 0.6) is 0 Å². The summed E-state index contributed by atoms with van der Waals surface area (Å²) in [6.45, 7) is 0. The monoisotopic (exact) mass is 179 g/mol. The van der Waals surface area contributed by atoms with Crippen molar-refractivity contribution in [2.45, 2.75) is 6.10 Å². The number of hydrogen-bond donors (Lipinski definition) is 2. The molecule has 2 atom stereocenters. The molecule has 0 radical (unpaired) electrons. The minimum absolute atomic E-state index is 0.00519. The fourth-order valence-electron chi connectivity index (χ4n) is 1.43. The summed E-state index contributed by atoms with van der Waals surface area (Å²) in [5.41, 5.74) is 6.15. The number of aliphatic carboxylic acids is 1. The van der Waals surface area contributed by atoms with Crippen LogP contribution >= 0.6 is 0 Å². The van der Waals surface area contributed by atoms with Gasteiger partial charge in [0.05, 0.1) is 0 Å². The van der Waals surface area contributed by atoms with Crippen LogP contribution in [-0.2, 0) is 9.53 Å². The zero-order valence-electron chi connectivity index (χ0n) is 6.81. The van der Waals surface area contributed by atoms with Crippen molar-refractivity contribution in [3.8, 4) is 0 Å². The molecule has 1 aliphatic heterocycles. The van der Waals surface area contributed by atoms with Crippen LogP contribution in [0, 0.1) is 5.92 Å². The second kappa shape index (κ2) is 2.65. The van der Waals surface area contributed by atoms with Crippen molar-refractivity contribution in [1.82, 2.24) is 0 Å². The zero-order valence-corrected chi connectivity index (χ0v) is 6.81. The lowest BCUT2D eigenvalue weighted by Gasteiger charge is -2.16. The standard InChI is InChI=1S/C9H9NO3/c10-6-2-1-5-3-8(9(11)12)13-7(5)4-6/h1-5,7H,10H2,(H,11,12). The van der Waals surface area contributed by atoms with E-state index in [2.05, 4.69) is 0 Å². The van der Waals surface area contributed by atoms with Crippen molar-refractivity contribution < 1.29 is 14.6 Å². The van der Waals surface area contributed by atoms with Gasteiger partial charge in [0.2, 0.25) is 5.76 Å². The Morgan fingerprint density at radius 3 is 3.00 bits per heavy atom. The minimum Gasteiger partial charge on any atom is -0.478 e. The molecule has 0 saturated heterocycles. The maximum atomic E-state index is 10.6. The van der Waals surface area contributed by atoms with Gasteiger partial charge in [-0.3, -0.25) is 0 Å². The van der Waals surface area contributed by atoms with Crippen LogP contribution in [0.4, 0.5) is 0 Å². The Morgan fingerprint density at radius 1 is 1.54 bits per heavy atom. The van der Waals surface area contributed by atoms with Crippen LogP contribution in [0.1, 0.15) is 0 Å². The molecule has 2 aliphatic rings. The van der Waals surface area contributed by atoms with Gasteiger partial charge in [0.15, 0.2) is 0 Å². The van der Waals surface area contributed by atoms with E-state index in [9.17, 15) is 4.79 Å². The molecule has 0 spiro atoms. The van der Waals surface area contributed by atoms with E-state index in [0.717, 1.165) is 0 Å². The molecule has 4 heteroatoms. The highest BCUT2D eigenvalue weighted by Gasteiger charge is 2.30. The van der Waals surface area contributed by atoms with Gasteiger partial charge in [0.1, 0.15) is 6.10 Å². The number of hydrogen-bond acceptors (Lipinski definition) is 3. The average molecular weight is 179 g/mol. The smallest absolute Gasteiger partial charge is 0.370 e. The molecule has 68 valence electrons. The fraction of sp³-hybridized carbons (Fsp3) is 0.222. The summed E-state index contributed by atoms with van der Waals surface area (Å²) in [6, 6.07) is 0. The van der Waals surface area contributed by atoms with E-state index in [-0.39, 0.29) is 17.8 Å². The molecule has 0 bridgehead atoms. The van der Waals surface area contributed by atoms with E-state index in [1.54, 1.807) is 18.2 Å². The first-order valence-corrected chi connectivity index (χ1v) is 3.94. The summed E-state index contributed by atoms with van der Waals surface area (Å²) >= 11 is 0. The van der Waals surface area contributed by atoms with Crippen LogP contribution in [-0.4, -0.2) is 17.2 Å². The van der Waals surface area contributed by atoms with Crippen LogP contribution in [0.25, 0.3) is 0 Å². The number of carboxylic acids is 1. The van der Waals surface area contributed by atoms with Gasteiger partial charge < -0.3 is 15.6 Å². The molecule has 0 aromatic carbocycles. The predicted molar refractivity (Wildman–Crippen MR) is 45.5 cm³/mol. The van der Waals surface area contributed by atoms with Crippen molar-refractivity contribution >= 4 is 5.97 Å². The van der Waals surface area contributed by atoms with Gasteiger partial charge in [-0.1, -0.05) is 6.08 Å². The van der Waals surface area contributed by atoms with Gasteiger partial charge in [-0.25, -0.2) is 4.79 Å². The molecule has 1 heterocycles. The Bertz CT molecular complexity index is 341. The summed E-state index contributed by atoms with van der Waals surface area (Å²) in [5.74, 6) is -1.02. The van der Waals surface area contributed by atoms with Crippen LogP contribution in [0.15, 0.2) is 35.8 Å². The summed E-state index contributed by atoms with van der Waals surface area (Å²) in [5, 5.41) is 8.66. The average Bonchev–Trinajstić information content (AvgIpc) is 2.46. The topological polar surface area (TPSA) is 72.5 Å². The minimum atomic E-state index is -1.03. The predicted octanol–water partition coefficient (Wildman–Crippen LogP) is 0.382. The summed E-state index contributed by atoms with van der Waals surface area (Å²) < 4.78 is 5.15. The van der Waals surface area contributed by atoms with Gasteiger partial charge in [0.25, 0.3) is 0 Å². The van der Waals surface area contributed by atoms with E-state index in [0.29, 0.717) is 5.70 Å². The van der Waals surface area contributed by atoms with Crippen molar-refractivity contribution in [2.24, 2.45) is 11.7 Å². The molecule has 3 N–H and O–H groups in total. The molecule has 0 saturated carbocycles. The molecule has 0 aromatic heterocycles. The lowest BCUT2D eigenvalue weighted by Crippen LogP contribution is -2.18. The highest BCUT2D eigenvalue weighted by atomic mass is 16.5. The van der Waals surface area contributed by atoms with Gasteiger partial charge >= 0.3 is 5.97 Å². The molecule has 4 nitrogen and oxygen atoms in total. The van der Waals surface area contributed by atoms with Crippen molar-refractivity contribution in [1.29, 1.82) is 0 Å². The lowest BCUT2D eigenvalue weighted by atomic mass is 9.98. The van der Waals surface area contributed by atoms with Crippen LogP contribution < -0.4 is 5.73 Å². The molecule has 0 amide bonds. The van der Waals surface area contributed by atoms with Crippen molar-refractivity contribution in [3.05, 3.63) is 35.8 Å². The van der Waals surface area contributed by atoms with Gasteiger partial charge in [-0.05, 0) is 18.2 Å². The van der Waals surface area contributed by atoms with E-state index >= 15 is 0 Å². The number of rotatable bonds is 1. The van der Waals surface area contributed by atoms with E-state index in [1.165, 1.54) is 0 Å². The number of nitrogens with two attached hydrogens (primary N) is 1. The highest BCUT2D eigenvalue weighted by Crippen LogP contribution is 2.28. The normalized spacial score (nSPS) is 30.2. The Hall–Kier alpha value is -1.71. The van der Waals surface area contributed by atoms with E-state index in [1.807, 2.05) is 6.08 Å². The largest absolute Gasteiger partial charge is 0.478 e. The fourth-order valence-corrected chi connectivity index (χ4v) is 1.43. The molecule has 1 aliphatic carbocycles. The van der Waals surface area contributed by atoms with E-state index < -0.39 is 5.97 Å². The molecular weight excluding hydrogens is 170 g/mol. The number of carbonyl (C=O) groups is 1. The van der Waals surface area contributed by atoms with Crippen LogP contribution in [0.2, 0.25) is 0 Å².